The highest BCUT2D eigenvalue weighted by Gasteiger charge is 2.38. The van der Waals surface area contributed by atoms with E-state index in [1.54, 1.807) is 4.90 Å². The maximum Gasteiger partial charge on any atom is 0.223 e. The molecule has 2 amide bonds. The molecule has 2 atom stereocenters. The molecular formula is C9H14N2O3. The molecule has 0 radical (unpaired) electrons. The highest BCUT2D eigenvalue weighted by Crippen LogP contribution is 2.23. The van der Waals surface area contributed by atoms with Crippen molar-refractivity contribution in [1.82, 2.24) is 4.90 Å². The fourth-order valence-corrected chi connectivity index (χ4v) is 2.04. The van der Waals surface area contributed by atoms with Crippen molar-refractivity contribution in [2.24, 2.45) is 11.7 Å². The van der Waals surface area contributed by atoms with Crippen LogP contribution in [0.1, 0.15) is 12.8 Å². The van der Waals surface area contributed by atoms with E-state index in [0.717, 1.165) is 6.42 Å². The smallest absolute Gasteiger partial charge is 0.223 e. The molecule has 0 bridgehead atoms. The number of likely N-dealkylation sites (tertiary alicyclic amines) is 1. The minimum Gasteiger partial charge on any atom is -0.379 e. The number of amides is 2. The number of ether oxygens (including phenoxy) is 1. The Balaban J connectivity index is 2.00. The first-order valence-corrected chi connectivity index (χ1v) is 4.85. The van der Waals surface area contributed by atoms with Gasteiger partial charge in [-0.3, -0.25) is 9.59 Å². The summed E-state index contributed by atoms with van der Waals surface area (Å²) in [6.07, 6.45) is 1.14. The molecule has 5 nitrogen and oxygen atoms in total. The van der Waals surface area contributed by atoms with E-state index in [1.165, 1.54) is 0 Å². The number of primary amides is 1. The third-order valence-electron chi connectivity index (χ3n) is 2.91. The SMILES string of the molecule is NC(=O)C1CC(=O)N([C@@H]2CCOC2)C1. The van der Waals surface area contributed by atoms with Gasteiger partial charge >= 0.3 is 0 Å². The molecule has 14 heavy (non-hydrogen) atoms. The minimum absolute atomic E-state index is 0.0318. The molecule has 2 heterocycles. The number of rotatable bonds is 2. The summed E-state index contributed by atoms with van der Waals surface area (Å²) in [5.41, 5.74) is 5.17. The maximum absolute atomic E-state index is 11.5. The molecular weight excluding hydrogens is 184 g/mol. The van der Waals surface area contributed by atoms with Crippen LogP contribution >= 0.6 is 0 Å². The van der Waals surface area contributed by atoms with Crippen molar-refractivity contribution in [2.75, 3.05) is 19.8 Å². The van der Waals surface area contributed by atoms with Crippen LogP contribution in [0.2, 0.25) is 0 Å². The zero-order valence-electron chi connectivity index (χ0n) is 7.94. The van der Waals surface area contributed by atoms with Crippen LogP contribution in [-0.2, 0) is 14.3 Å². The summed E-state index contributed by atoms with van der Waals surface area (Å²) in [5.74, 6) is -0.646. The lowest BCUT2D eigenvalue weighted by Gasteiger charge is -2.22. The van der Waals surface area contributed by atoms with Gasteiger partial charge in [0.2, 0.25) is 11.8 Å². The number of hydrogen-bond acceptors (Lipinski definition) is 3. The van der Waals surface area contributed by atoms with Crippen LogP contribution in [0.3, 0.4) is 0 Å². The second-order valence-electron chi connectivity index (χ2n) is 3.87. The minimum atomic E-state index is -0.375. The van der Waals surface area contributed by atoms with Crippen molar-refractivity contribution in [3.05, 3.63) is 0 Å². The summed E-state index contributed by atoms with van der Waals surface area (Å²) in [4.78, 5) is 24.2. The van der Waals surface area contributed by atoms with Gasteiger partial charge in [-0.1, -0.05) is 0 Å². The second-order valence-corrected chi connectivity index (χ2v) is 3.87. The average Bonchev–Trinajstić information content (AvgIpc) is 2.71. The molecule has 0 aromatic heterocycles. The molecule has 78 valence electrons. The van der Waals surface area contributed by atoms with E-state index in [2.05, 4.69) is 0 Å². The van der Waals surface area contributed by atoms with E-state index < -0.39 is 0 Å². The average molecular weight is 198 g/mol. The topological polar surface area (TPSA) is 72.6 Å². The third-order valence-corrected chi connectivity index (χ3v) is 2.91. The molecule has 0 aromatic rings. The van der Waals surface area contributed by atoms with Gasteiger partial charge in [0, 0.05) is 19.6 Å². The van der Waals surface area contributed by atoms with Gasteiger partial charge in [-0.05, 0) is 6.42 Å². The summed E-state index contributed by atoms with van der Waals surface area (Å²) in [6, 6.07) is 0.159. The fraction of sp³-hybridized carbons (Fsp3) is 0.778. The molecule has 0 spiro atoms. The molecule has 0 aliphatic carbocycles. The number of nitrogens with zero attached hydrogens (tertiary/aromatic N) is 1. The van der Waals surface area contributed by atoms with Gasteiger partial charge in [-0.2, -0.15) is 0 Å². The fourth-order valence-electron chi connectivity index (χ4n) is 2.04. The Hall–Kier alpha value is -1.10. The van der Waals surface area contributed by atoms with Crippen LogP contribution in [0.25, 0.3) is 0 Å². The van der Waals surface area contributed by atoms with Gasteiger partial charge < -0.3 is 15.4 Å². The predicted molar refractivity (Wildman–Crippen MR) is 48.2 cm³/mol. The Bertz CT molecular complexity index is 261. The number of carbonyl (C=O) groups is 2. The number of nitrogens with two attached hydrogens (primary N) is 1. The van der Waals surface area contributed by atoms with E-state index in [4.69, 9.17) is 10.5 Å². The van der Waals surface area contributed by atoms with Crippen molar-refractivity contribution in [1.29, 1.82) is 0 Å². The Labute approximate surface area is 82.2 Å². The van der Waals surface area contributed by atoms with E-state index in [1.807, 2.05) is 0 Å². The summed E-state index contributed by atoms with van der Waals surface area (Å²) in [7, 11) is 0. The molecule has 2 aliphatic rings. The quantitative estimate of drug-likeness (QED) is 0.625. The van der Waals surface area contributed by atoms with Gasteiger partial charge in [0.05, 0.1) is 18.6 Å². The molecule has 5 heteroatoms. The standard InChI is InChI=1S/C9H14N2O3/c10-9(13)6-3-8(12)11(4-6)7-1-2-14-5-7/h6-7H,1-5H2,(H2,10,13)/t6?,7-/m1/s1. The Morgan fingerprint density at radius 1 is 1.57 bits per heavy atom. The van der Waals surface area contributed by atoms with Gasteiger partial charge in [-0.25, -0.2) is 0 Å². The Morgan fingerprint density at radius 2 is 2.36 bits per heavy atom. The monoisotopic (exact) mass is 198 g/mol. The molecule has 2 saturated heterocycles. The van der Waals surface area contributed by atoms with Crippen molar-refractivity contribution in [3.63, 3.8) is 0 Å². The van der Waals surface area contributed by atoms with Crippen LogP contribution in [-0.4, -0.2) is 42.5 Å². The summed E-state index contributed by atoms with van der Waals surface area (Å²) < 4.78 is 5.20. The highest BCUT2D eigenvalue weighted by molar-refractivity contribution is 5.88. The zero-order valence-corrected chi connectivity index (χ0v) is 7.94. The Kier molecular flexibility index (Phi) is 2.41. The third kappa shape index (κ3) is 1.59. The maximum atomic E-state index is 11.5. The lowest BCUT2D eigenvalue weighted by molar-refractivity contribution is -0.130. The molecule has 2 aliphatic heterocycles. The summed E-state index contributed by atoms with van der Waals surface area (Å²) >= 11 is 0. The number of hydrogen-bond donors (Lipinski definition) is 1. The first-order valence-electron chi connectivity index (χ1n) is 4.85. The first kappa shape index (κ1) is 9.45. The van der Waals surface area contributed by atoms with Crippen molar-refractivity contribution < 1.29 is 14.3 Å². The lowest BCUT2D eigenvalue weighted by Crippen LogP contribution is -2.37. The highest BCUT2D eigenvalue weighted by atomic mass is 16.5. The zero-order chi connectivity index (χ0) is 10.1. The molecule has 1 unspecified atom stereocenters. The van der Waals surface area contributed by atoms with Crippen molar-refractivity contribution in [3.8, 4) is 0 Å². The summed E-state index contributed by atoms with van der Waals surface area (Å²) in [5, 5.41) is 0. The van der Waals surface area contributed by atoms with Gasteiger partial charge in [0.15, 0.2) is 0 Å². The van der Waals surface area contributed by atoms with Crippen LogP contribution in [0.5, 0.6) is 0 Å². The van der Waals surface area contributed by atoms with Crippen LogP contribution in [0, 0.1) is 5.92 Å². The summed E-state index contributed by atoms with van der Waals surface area (Å²) in [6.45, 7) is 1.77. The second kappa shape index (κ2) is 3.57. The molecule has 2 fully saturated rings. The first-order chi connectivity index (χ1) is 6.68. The van der Waals surface area contributed by atoms with Crippen LogP contribution in [0.4, 0.5) is 0 Å². The van der Waals surface area contributed by atoms with E-state index in [-0.39, 0.29) is 30.2 Å². The van der Waals surface area contributed by atoms with Crippen molar-refractivity contribution in [2.45, 2.75) is 18.9 Å². The van der Waals surface area contributed by atoms with Gasteiger partial charge in [0.1, 0.15) is 0 Å². The molecule has 2 rings (SSSR count). The Morgan fingerprint density at radius 3 is 2.86 bits per heavy atom. The molecule has 0 aromatic carbocycles. The van der Waals surface area contributed by atoms with Crippen molar-refractivity contribution >= 4 is 11.8 Å². The normalized spacial score (nSPS) is 32.6. The molecule has 2 N–H and O–H groups in total. The molecule has 0 saturated carbocycles. The number of carbonyl (C=O) groups excluding carboxylic acids is 2. The largest absolute Gasteiger partial charge is 0.379 e. The predicted octanol–water partition coefficient (Wildman–Crippen LogP) is -0.891. The van der Waals surface area contributed by atoms with Gasteiger partial charge in [-0.15, -0.1) is 0 Å². The van der Waals surface area contributed by atoms with E-state index in [0.29, 0.717) is 19.8 Å². The van der Waals surface area contributed by atoms with Crippen LogP contribution in [0.15, 0.2) is 0 Å². The van der Waals surface area contributed by atoms with E-state index in [9.17, 15) is 9.59 Å². The van der Waals surface area contributed by atoms with E-state index >= 15 is 0 Å². The van der Waals surface area contributed by atoms with Gasteiger partial charge in [0.25, 0.3) is 0 Å². The lowest BCUT2D eigenvalue weighted by atomic mass is 10.1. The van der Waals surface area contributed by atoms with Crippen LogP contribution < -0.4 is 5.73 Å².